The number of hydrogen-bond donors (Lipinski definition) is 2. The number of nitrogens with zero attached hydrogens (tertiary/aromatic N) is 2. The molecule has 0 aliphatic carbocycles. The largest absolute Gasteiger partial charge is 0.343 e. The van der Waals surface area contributed by atoms with E-state index >= 15 is 0 Å². The number of hydrogen-bond acceptors (Lipinski definition) is 6. The van der Waals surface area contributed by atoms with Crippen molar-refractivity contribution in [2.75, 3.05) is 44.5 Å². The van der Waals surface area contributed by atoms with Crippen LogP contribution in [0.3, 0.4) is 0 Å². The average Bonchev–Trinajstić information content (AvgIpc) is 2.89. The summed E-state index contributed by atoms with van der Waals surface area (Å²) in [6.45, 7) is 2.79. The van der Waals surface area contributed by atoms with E-state index in [9.17, 15) is 18.0 Å². The summed E-state index contributed by atoms with van der Waals surface area (Å²) in [4.78, 5) is 30.5. The lowest BCUT2D eigenvalue weighted by atomic mass is 10.2. The summed E-state index contributed by atoms with van der Waals surface area (Å²) in [7, 11) is -1.87. The number of likely N-dealkylation sites (N-methyl/N-ethyl adjacent to an activating group) is 1. The summed E-state index contributed by atoms with van der Waals surface area (Å²) in [5.41, 5.74) is 0.746. The Bertz CT molecular complexity index is 1310. The van der Waals surface area contributed by atoms with Gasteiger partial charge in [-0.3, -0.25) is 14.3 Å². The monoisotopic (exact) mass is 524 g/mol. The Balaban J connectivity index is 1.38. The third-order valence-electron chi connectivity index (χ3n) is 5.79. The number of benzene rings is 3. The molecule has 1 aliphatic rings. The quantitative estimate of drug-likeness (QED) is 0.470. The zero-order valence-corrected chi connectivity index (χ0v) is 21.5. The molecule has 0 bridgehead atoms. The van der Waals surface area contributed by atoms with Gasteiger partial charge in [0.1, 0.15) is 0 Å². The molecule has 0 unspecified atom stereocenters. The van der Waals surface area contributed by atoms with Crippen molar-refractivity contribution < 1.29 is 18.0 Å². The van der Waals surface area contributed by atoms with Gasteiger partial charge in [0.15, 0.2) is 0 Å². The molecule has 0 radical (unpaired) electrons. The van der Waals surface area contributed by atoms with Crippen LogP contribution in [0.15, 0.2) is 93.5 Å². The number of nitrogens with one attached hydrogen (secondary N) is 2. The van der Waals surface area contributed by atoms with Crippen LogP contribution in [-0.2, 0) is 14.8 Å². The molecule has 8 nitrogen and oxygen atoms in total. The van der Waals surface area contributed by atoms with Crippen LogP contribution in [0.4, 0.5) is 5.69 Å². The van der Waals surface area contributed by atoms with Gasteiger partial charge in [0.2, 0.25) is 5.91 Å². The summed E-state index contributed by atoms with van der Waals surface area (Å²) in [5.74, 6) is -0.564. The van der Waals surface area contributed by atoms with E-state index in [2.05, 4.69) is 14.9 Å². The van der Waals surface area contributed by atoms with Gasteiger partial charge in [-0.2, -0.15) is 0 Å². The predicted molar refractivity (Wildman–Crippen MR) is 141 cm³/mol. The van der Waals surface area contributed by atoms with Gasteiger partial charge >= 0.3 is 0 Å². The molecule has 3 aromatic rings. The fourth-order valence-corrected chi connectivity index (χ4v) is 5.74. The molecule has 2 N–H and O–H groups in total. The van der Waals surface area contributed by atoms with Gasteiger partial charge in [0, 0.05) is 41.5 Å². The lowest BCUT2D eigenvalue weighted by Crippen LogP contribution is -2.50. The molecular formula is C26H28N4O4S2. The number of sulfonamides is 1. The van der Waals surface area contributed by atoms with Crippen molar-refractivity contribution in [1.82, 2.24) is 15.1 Å². The highest BCUT2D eigenvalue weighted by Gasteiger charge is 2.20. The Morgan fingerprint density at radius 2 is 1.50 bits per heavy atom. The Kier molecular flexibility index (Phi) is 8.29. The molecular weight excluding hydrogens is 496 g/mol. The zero-order valence-electron chi connectivity index (χ0n) is 19.9. The van der Waals surface area contributed by atoms with Gasteiger partial charge < -0.3 is 15.1 Å². The van der Waals surface area contributed by atoms with Crippen molar-refractivity contribution in [1.29, 1.82) is 0 Å². The Morgan fingerprint density at radius 3 is 2.19 bits per heavy atom. The Labute approximate surface area is 215 Å². The number of rotatable bonds is 8. The second-order valence-corrected chi connectivity index (χ2v) is 11.2. The van der Waals surface area contributed by atoms with Crippen LogP contribution in [0.2, 0.25) is 0 Å². The Morgan fingerprint density at radius 1 is 0.861 bits per heavy atom. The first-order valence-electron chi connectivity index (χ1n) is 11.5. The van der Waals surface area contributed by atoms with E-state index in [1.54, 1.807) is 17.0 Å². The first kappa shape index (κ1) is 25.7. The van der Waals surface area contributed by atoms with Crippen molar-refractivity contribution in [3.8, 4) is 0 Å². The van der Waals surface area contributed by atoms with Crippen LogP contribution in [0, 0.1) is 0 Å². The number of para-hydroxylation sites is 1. The lowest BCUT2D eigenvalue weighted by Gasteiger charge is -2.32. The fraction of sp³-hybridized carbons (Fsp3) is 0.231. The minimum absolute atomic E-state index is 0.0343. The average molecular weight is 525 g/mol. The van der Waals surface area contributed by atoms with Crippen molar-refractivity contribution in [2.45, 2.75) is 14.7 Å². The standard InChI is InChI=1S/C26H28N4O4S2/c1-29-15-17-30(18-16-29)25(31)19-27-26(32)20-11-13-22(14-12-20)36(33,34)28-23-9-5-6-10-24(23)35-21-7-3-2-4-8-21/h2-14,28H,15-19H2,1H3,(H,27,32). The molecule has 1 aliphatic heterocycles. The van der Waals surface area contributed by atoms with Gasteiger partial charge in [0.05, 0.1) is 17.1 Å². The summed E-state index contributed by atoms with van der Waals surface area (Å²) in [6.07, 6.45) is 0. The van der Waals surface area contributed by atoms with Crippen LogP contribution in [-0.4, -0.2) is 69.8 Å². The molecule has 188 valence electrons. The first-order valence-corrected chi connectivity index (χ1v) is 13.8. The molecule has 1 fully saturated rings. The third kappa shape index (κ3) is 6.66. The van der Waals surface area contributed by atoms with E-state index in [4.69, 9.17) is 0 Å². The maximum Gasteiger partial charge on any atom is 0.261 e. The predicted octanol–water partition coefficient (Wildman–Crippen LogP) is 3.14. The zero-order chi connectivity index (χ0) is 25.5. The second-order valence-electron chi connectivity index (χ2n) is 8.41. The molecule has 0 spiro atoms. The van der Waals surface area contributed by atoms with Crippen LogP contribution in [0.25, 0.3) is 0 Å². The van der Waals surface area contributed by atoms with Crippen molar-refractivity contribution >= 4 is 39.3 Å². The Hall–Kier alpha value is -3.34. The maximum atomic E-state index is 13.0. The van der Waals surface area contributed by atoms with Gasteiger partial charge in [-0.25, -0.2) is 8.42 Å². The first-order chi connectivity index (χ1) is 17.3. The van der Waals surface area contributed by atoms with Crippen molar-refractivity contribution in [3.63, 3.8) is 0 Å². The lowest BCUT2D eigenvalue weighted by molar-refractivity contribution is -0.131. The topological polar surface area (TPSA) is 98.8 Å². The molecule has 2 amide bonds. The van der Waals surface area contributed by atoms with Crippen LogP contribution < -0.4 is 10.0 Å². The van der Waals surface area contributed by atoms with E-state index in [0.717, 1.165) is 22.9 Å². The van der Waals surface area contributed by atoms with Gasteiger partial charge in [-0.05, 0) is 55.6 Å². The molecule has 0 aromatic heterocycles. The number of anilines is 1. The molecule has 3 aromatic carbocycles. The van der Waals surface area contributed by atoms with E-state index in [-0.39, 0.29) is 22.9 Å². The van der Waals surface area contributed by atoms with Crippen molar-refractivity contribution in [3.05, 3.63) is 84.4 Å². The number of amides is 2. The SMILES string of the molecule is CN1CCN(C(=O)CNC(=O)c2ccc(S(=O)(=O)Nc3ccccc3Sc3ccccc3)cc2)CC1. The summed E-state index contributed by atoms with van der Waals surface area (Å²) >= 11 is 1.46. The molecule has 10 heteroatoms. The van der Waals surface area contributed by atoms with E-state index in [1.165, 1.54) is 36.0 Å². The van der Waals surface area contributed by atoms with Gasteiger partial charge in [-0.15, -0.1) is 0 Å². The molecule has 0 saturated carbocycles. The molecule has 4 rings (SSSR count). The highest BCUT2D eigenvalue weighted by molar-refractivity contribution is 7.99. The van der Waals surface area contributed by atoms with Crippen molar-refractivity contribution in [2.24, 2.45) is 0 Å². The number of piperazine rings is 1. The molecule has 1 heterocycles. The van der Waals surface area contributed by atoms with Gasteiger partial charge in [-0.1, -0.05) is 42.1 Å². The van der Waals surface area contributed by atoms with Gasteiger partial charge in [0.25, 0.3) is 15.9 Å². The highest BCUT2D eigenvalue weighted by Crippen LogP contribution is 2.34. The second kappa shape index (κ2) is 11.6. The molecule has 1 saturated heterocycles. The van der Waals surface area contributed by atoms with Crippen LogP contribution in [0.5, 0.6) is 0 Å². The molecule has 36 heavy (non-hydrogen) atoms. The third-order valence-corrected chi connectivity index (χ3v) is 8.25. The smallest absolute Gasteiger partial charge is 0.261 e. The maximum absolute atomic E-state index is 13.0. The minimum Gasteiger partial charge on any atom is -0.343 e. The van der Waals surface area contributed by atoms with E-state index < -0.39 is 15.9 Å². The van der Waals surface area contributed by atoms with E-state index in [1.807, 2.05) is 49.5 Å². The molecule has 0 atom stereocenters. The normalized spacial score (nSPS) is 14.3. The summed E-state index contributed by atoms with van der Waals surface area (Å²) < 4.78 is 28.7. The van der Waals surface area contributed by atoms with Crippen LogP contribution in [0.1, 0.15) is 10.4 Å². The summed E-state index contributed by atoms with van der Waals surface area (Å²) in [6, 6.07) is 22.5. The summed E-state index contributed by atoms with van der Waals surface area (Å²) in [5, 5.41) is 2.62. The minimum atomic E-state index is -3.88. The highest BCUT2D eigenvalue weighted by atomic mass is 32.2. The number of carbonyl (C=O) groups is 2. The number of carbonyl (C=O) groups excluding carboxylic acids is 2. The van der Waals surface area contributed by atoms with E-state index in [0.29, 0.717) is 18.8 Å². The fourth-order valence-electron chi connectivity index (χ4n) is 3.67. The van der Waals surface area contributed by atoms with Crippen LogP contribution >= 0.6 is 11.8 Å².